The summed E-state index contributed by atoms with van der Waals surface area (Å²) in [5, 5.41) is 9.27. The Morgan fingerprint density at radius 2 is 1.19 bits per heavy atom. The predicted octanol–water partition coefficient (Wildman–Crippen LogP) is 6.05. The van der Waals surface area contributed by atoms with Gasteiger partial charge in [0.15, 0.2) is 0 Å². The summed E-state index contributed by atoms with van der Waals surface area (Å²) in [5.74, 6) is 0.356. The maximum atomic E-state index is 9.27. The second-order valence-electron chi connectivity index (χ2n) is 7.60. The number of benzene rings is 2. The maximum absolute atomic E-state index is 9.27. The van der Waals surface area contributed by atoms with E-state index in [0.717, 1.165) is 16.9 Å². The molecule has 0 aliphatic heterocycles. The number of aromatic hydroxyl groups is 1. The zero-order valence-corrected chi connectivity index (χ0v) is 16.2. The average Bonchev–Trinajstić information content (AvgIpc) is 2.52. The molecule has 0 saturated heterocycles. The van der Waals surface area contributed by atoms with Crippen molar-refractivity contribution in [2.24, 2.45) is 0 Å². The molecular weight excluding hydrogens is 324 g/mol. The van der Waals surface area contributed by atoms with Crippen LogP contribution in [0.25, 0.3) is 12.2 Å². The molecule has 0 amide bonds. The summed E-state index contributed by atoms with van der Waals surface area (Å²) in [6.07, 6.45) is 7.96. The SMILES string of the molecule is CC(C)(C)OC(C)(C)Oc1ccc(C=CC=Cc2ccc(O)cc2)cc1. The molecule has 0 radical (unpaired) electrons. The molecule has 3 nitrogen and oxygen atoms in total. The van der Waals surface area contributed by atoms with Crippen LogP contribution in [0.5, 0.6) is 11.5 Å². The first-order chi connectivity index (χ1) is 12.1. The van der Waals surface area contributed by atoms with E-state index in [0.29, 0.717) is 0 Å². The van der Waals surface area contributed by atoms with Gasteiger partial charge in [-0.25, -0.2) is 0 Å². The summed E-state index contributed by atoms with van der Waals surface area (Å²) in [5.41, 5.74) is 1.86. The minimum Gasteiger partial charge on any atom is -0.508 e. The monoisotopic (exact) mass is 352 g/mol. The summed E-state index contributed by atoms with van der Waals surface area (Å²) in [6, 6.07) is 15.0. The Labute approximate surface area is 156 Å². The number of ether oxygens (including phenoxy) is 2. The number of hydrogen-bond donors (Lipinski definition) is 1. The standard InChI is InChI=1S/C23H28O3/c1-22(2,3)26-23(4,5)25-21-16-12-19(13-17-21)9-7-6-8-18-10-14-20(24)15-11-18/h6-17,24H,1-5H3. The molecule has 2 aromatic carbocycles. The lowest BCUT2D eigenvalue weighted by atomic mass is 10.1. The van der Waals surface area contributed by atoms with Crippen molar-refractivity contribution < 1.29 is 14.6 Å². The van der Waals surface area contributed by atoms with Crippen LogP contribution in [0.1, 0.15) is 45.7 Å². The maximum Gasteiger partial charge on any atom is 0.205 e. The third-order valence-electron chi connectivity index (χ3n) is 3.38. The highest BCUT2D eigenvalue weighted by atomic mass is 16.7. The van der Waals surface area contributed by atoms with Crippen molar-refractivity contribution in [1.82, 2.24) is 0 Å². The third kappa shape index (κ3) is 7.16. The fourth-order valence-corrected chi connectivity index (χ4v) is 2.61. The van der Waals surface area contributed by atoms with Gasteiger partial charge in [0.25, 0.3) is 0 Å². The van der Waals surface area contributed by atoms with Crippen LogP contribution in [0, 0.1) is 0 Å². The van der Waals surface area contributed by atoms with Crippen molar-refractivity contribution in [2.75, 3.05) is 0 Å². The van der Waals surface area contributed by atoms with Gasteiger partial charge >= 0.3 is 0 Å². The Morgan fingerprint density at radius 1 is 0.731 bits per heavy atom. The Kier molecular flexibility index (Phi) is 6.27. The highest BCUT2D eigenvalue weighted by Gasteiger charge is 2.27. The van der Waals surface area contributed by atoms with E-state index in [1.807, 2.05) is 95.3 Å². The molecule has 1 N–H and O–H groups in total. The molecule has 138 valence electrons. The van der Waals surface area contributed by atoms with Gasteiger partial charge in [-0.2, -0.15) is 0 Å². The van der Waals surface area contributed by atoms with Crippen molar-refractivity contribution in [3.63, 3.8) is 0 Å². The van der Waals surface area contributed by atoms with E-state index in [9.17, 15) is 5.11 Å². The van der Waals surface area contributed by atoms with E-state index in [1.165, 1.54) is 0 Å². The highest BCUT2D eigenvalue weighted by Crippen LogP contribution is 2.24. The minimum absolute atomic E-state index is 0.268. The number of phenolic OH excluding ortho intramolecular Hbond substituents is 1. The van der Waals surface area contributed by atoms with Gasteiger partial charge < -0.3 is 14.6 Å². The van der Waals surface area contributed by atoms with Crippen LogP contribution >= 0.6 is 0 Å². The summed E-state index contributed by atoms with van der Waals surface area (Å²) in [7, 11) is 0. The molecule has 0 fully saturated rings. The van der Waals surface area contributed by atoms with Crippen molar-refractivity contribution in [1.29, 1.82) is 0 Å². The van der Waals surface area contributed by atoms with E-state index >= 15 is 0 Å². The van der Waals surface area contributed by atoms with Gasteiger partial charge in [0, 0.05) is 13.8 Å². The van der Waals surface area contributed by atoms with Crippen LogP contribution < -0.4 is 4.74 Å². The average molecular weight is 352 g/mol. The van der Waals surface area contributed by atoms with Crippen LogP contribution in [-0.2, 0) is 4.74 Å². The summed E-state index contributed by atoms with van der Waals surface area (Å²) < 4.78 is 11.9. The van der Waals surface area contributed by atoms with Crippen molar-refractivity contribution >= 4 is 12.2 Å². The molecule has 0 spiro atoms. The molecule has 0 bridgehead atoms. The second kappa shape index (κ2) is 8.24. The van der Waals surface area contributed by atoms with E-state index in [1.54, 1.807) is 12.1 Å². The fourth-order valence-electron chi connectivity index (χ4n) is 2.61. The van der Waals surface area contributed by atoms with Gasteiger partial charge in [-0.3, -0.25) is 0 Å². The van der Waals surface area contributed by atoms with Crippen LogP contribution in [0.2, 0.25) is 0 Å². The molecule has 2 rings (SSSR count). The largest absolute Gasteiger partial charge is 0.508 e. The lowest BCUT2D eigenvalue weighted by molar-refractivity contribution is -0.213. The first-order valence-corrected chi connectivity index (χ1v) is 8.76. The van der Waals surface area contributed by atoms with Crippen molar-refractivity contribution in [3.8, 4) is 11.5 Å². The highest BCUT2D eigenvalue weighted by molar-refractivity contribution is 5.57. The molecule has 3 heteroatoms. The summed E-state index contributed by atoms with van der Waals surface area (Å²) in [4.78, 5) is 0. The van der Waals surface area contributed by atoms with Crippen LogP contribution in [-0.4, -0.2) is 16.5 Å². The smallest absolute Gasteiger partial charge is 0.205 e. The van der Waals surface area contributed by atoms with Crippen LogP contribution in [0.3, 0.4) is 0 Å². The molecule has 0 aliphatic carbocycles. The predicted molar refractivity (Wildman–Crippen MR) is 108 cm³/mol. The minimum atomic E-state index is -0.692. The fraction of sp³-hybridized carbons (Fsp3) is 0.304. The lowest BCUT2D eigenvalue weighted by Gasteiger charge is -2.33. The second-order valence-corrected chi connectivity index (χ2v) is 7.60. The first-order valence-electron chi connectivity index (χ1n) is 8.76. The molecule has 0 aliphatic rings. The van der Waals surface area contributed by atoms with Crippen LogP contribution in [0.15, 0.2) is 60.7 Å². The quantitative estimate of drug-likeness (QED) is 0.508. The third-order valence-corrected chi connectivity index (χ3v) is 3.38. The van der Waals surface area contributed by atoms with E-state index in [2.05, 4.69) is 0 Å². The number of rotatable bonds is 6. The van der Waals surface area contributed by atoms with Crippen LogP contribution in [0.4, 0.5) is 0 Å². The Morgan fingerprint density at radius 3 is 1.65 bits per heavy atom. The zero-order chi connectivity index (χ0) is 19.2. The van der Waals surface area contributed by atoms with Gasteiger partial charge in [0.2, 0.25) is 5.79 Å². The van der Waals surface area contributed by atoms with E-state index in [4.69, 9.17) is 9.47 Å². The Bertz CT molecular complexity index is 746. The molecule has 0 unspecified atom stereocenters. The normalized spacial score (nSPS) is 12.8. The molecule has 0 heterocycles. The van der Waals surface area contributed by atoms with E-state index in [-0.39, 0.29) is 11.4 Å². The molecule has 0 atom stereocenters. The summed E-state index contributed by atoms with van der Waals surface area (Å²) in [6.45, 7) is 9.87. The Balaban J connectivity index is 1.93. The van der Waals surface area contributed by atoms with Gasteiger partial charge in [-0.1, -0.05) is 48.6 Å². The number of hydrogen-bond acceptors (Lipinski definition) is 3. The van der Waals surface area contributed by atoms with Gasteiger partial charge in [-0.15, -0.1) is 0 Å². The molecule has 0 aromatic heterocycles. The number of allylic oxidation sites excluding steroid dienone is 2. The lowest BCUT2D eigenvalue weighted by Crippen LogP contribution is -2.39. The Hall–Kier alpha value is -2.52. The topological polar surface area (TPSA) is 38.7 Å². The molecular formula is C23H28O3. The zero-order valence-electron chi connectivity index (χ0n) is 16.2. The molecule has 26 heavy (non-hydrogen) atoms. The summed E-state index contributed by atoms with van der Waals surface area (Å²) >= 11 is 0. The van der Waals surface area contributed by atoms with E-state index < -0.39 is 5.79 Å². The first kappa shape index (κ1) is 19.8. The van der Waals surface area contributed by atoms with Gasteiger partial charge in [-0.05, 0) is 56.2 Å². The number of phenols is 1. The van der Waals surface area contributed by atoms with Crippen molar-refractivity contribution in [2.45, 2.75) is 46.0 Å². The molecule has 0 saturated carbocycles. The van der Waals surface area contributed by atoms with Gasteiger partial charge in [0.05, 0.1) is 5.60 Å². The van der Waals surface area contributed by atoms with Crippen molar-refractivity contribution in [3.05, 3.63) is 71.8 Å². The molecule has 2 aromatic rings. The van der Waals surface area contributed by atoms with Gasteiger partial charge in [0.1, 0.15) is 11.5 Å².